The zero-order valence-electron chi connectivity index (χ0n) is 10.5. The number of rotatable bonds is 2. The van der Waals surface area contributed by atoms with Gasteiger partial charge in [0.25, 0.3) is 0 Å². The van der Waals surface area contributed by atoms with Gasteiger partial charge in [0.2, 0.25) is 5.78 Å². The van der Waals surface area contributed by atoms with Crippen LogP contribution >= 0.6 is 0 Å². The minimum atomic E-state index is -0.499. The fourth-order valence-corrected chi connectivity index (χ4v) is 2.41. The van der Waals surface area contributed by atoms with E-state index in [4.69, 9.17) is 4.74 Å². The summed E-state index contributed by atoms with van der Waals surface area (Å²) < 4.78 is 18.7. The number of carbonyl (C=O) groups excluding carboxylic acids is 1. The van der Waals surface area contributed by atoms with E-state index in [0.717, 1.165) is 11.3 Å². The van der Waals surface area contributed by atoms with Gasteiger partial charge in [-0.15, -0.1) is 0 Å². The predicted octanol–water partition coefficient (Wildman–Crippen LogP) is 3.32. The lowest BCUT2D eigenvalue weighted by Crippen LogP contribution is -2.26. The molecule has 2 aromatic carbocycles. The zero-order chi connectivity index (χ0) is 13.4. The summed E-state index contributed by atoms with van der Waals surface area (Å²) in [6.45, 7) is 1.73. The van der Waals surface area contributed by atoms with Gasteiger partial charge >= 0.3 is 0 Å². The molecule has 1 unspecified atom stereocenters. The van der Waals surface area contributed by atoms with E-state index >= 15 is 0 Å². The van der Waals surface area contributed by atoms with Crippen molar-refractivity contribution in [3.8, 4) is 5.75 Å². The van der Waals surface area contributed by atoms with Gasteiger partial charge < -0.3 is 4.74 Å². The van der Waals surface area contributed by atoms with Crippen LogP contribution in [0, 0.1) is 12.7 Å². The van der Waals surface area contributed by atoms with E-state index in [9.17, 15) is 9.18 Å². The number of para-hydroxylation sites is 1. The Hall–Kier alpha value is -2.16. The second kappa shape index (κ2) is 4.50. The molecule has 0 radical (unpaired) electrons. The van der Waals surface area contributed by atoms with E-state index in [1.165, 1.54) is 18.2 Å². The predicted molar refractivity (Wildman–Crippen MR) is 70.0 cm³/mol. The highest BCUT2D eigenvalue weighted by atomic mass is 19.1. The Morgan fingerprint density at radius 2 is 2.05 bits per heavy atom. The molecule has 0 amide bonds. The van der Waals surface area contributed by atoms with Crippen molar-refractivity contribution in [1.82, 2.24) is 0 Å². The molecule has 19 heavy (non-hydrogen) atoms. The molecule has 3 rings (SSSR count). The number of hydrogen-bond donors (Lipinski definition) is 0. The number of carbonyl (C=O) groups is 1. The summed E-state index contributed by atoms with van der Waals surface area (Å²) in [5.41, 5.74) is 2.21. The topological polar surface area (TPSA) is 26.3 Å². The summed E-state index contributed by atoms with van der Waals surface area (Å²) in [6.07, 6.45) is 0.0767. The first-order valence-corrected chi connectivity index (χ1v) is 6.20. The second-order valence-corrected chi connectivity index (χ2v) is 4.74. The zero-order valence-corrected chi connectivity index (χ0v) is 10.5. The lowest BCUT2D eigenvalue weighted by molar-refractivity contribution is 0.0824. The number of fused-ring (bicyclic) bond motifs is 1. The van der Waals surface area contributed by atoms with Crippen molar-refractivity contribution in [2.75, 3.05) is 0 Å². The van der Waals surface area contributed by atoms with Gasteiger partial charge in [-0.2, -0.15) is 0 Å². The van der Waals surface area contributed by atoms with Crippen LogP contribution in [0.2, 0.25) is 0 Å². The molecule has 0 fully saturated rings. The monoisotopic (exact) mass is 256 g/mol. The summed E-state index contributed by atoms with van der Waals surface area (Å²) in [4.78, 5) is 12.4. The summed E-state index contributed by atoms with van der Waals surface area (Å²) in [6, 6.07) is 11.8. The molecule has 1 atom stereocenters. The van der Waals surface area contributed by atoms with E-state index in [1.54, 1.807) is 6.92 Å². The molecular weight excluding hydrogens is 243 g/mol. The van der Waals surface area contributed by atoms with Crippen molar-refractivity contribution in [2.24, 2.45) is 0 Å². The highest BCUT2D eigenvalue weighted by molar-refractivity contribution is 6.01. The average Bonchev–Trinajstić information content (AvgIpc) is 2.81. The quantitative estimate of drug-likeness (QED) is 0.770. The van der Waals surface area contributed by atoms with Crippen LogP contribution in [-0.2, 0) is 6.42 Å². The van der Waals surface area contributed by atoms with E-state index in [0.29, 0.717) is 17.5 Å². The summed E-state index contributed by atoms with van der Waals surface area (Å²) >= 11 is 0. The van der Waals surface area contributed by atoms with Gasteiger partial charge in [0.1, 0.15) is 11.6 Å². The Labute approximate surface area is 110 Å². The molecule has 0 aromatic heterocycles. The van der Waals surface area contributed by atoms with Gasteiger partial charge in [-0.05, 0) is 42.3 Å². The molecule has 0 spiro atoms. The van der Waals surface area contributed by atoms with Crippen LogP contribution in [0.3, 0.4) is 0 Å². The third-order valence-corrected chi connectivity index (χ3v) is 3.39. The van der Waals surface area contributed by atoms with Crippen molar-refractivity contribution in [2.45, 2.75) is 19.4 Å². The van der Waals surface area contributed by atoms with Gasteiger partial charge in [-0.25, -0.2) is 4.39 Å². The highest BCUT2D eigenvalue weighted by Crippen LogP contribution is 2.30. The summed E-state index contributed by atoms with van der Waals surface area (Å²) in [5, 5.41) is 0. The molecule has 1 heterocycles. The van der Waals surface area contributed by atoms with E-state index in [1.807, 2.05) is 24.3 Å². The van der Waals surface area contributed by atoms with E-state index in [2.05, 4.69) is 0 Å². The van der Waals surface area contributed by atoms with Gasteiger partial charge in [-0.1, -0.05) is 18.2 Å². The lowest BCUT2D eigenvalue weighted by atomic mass is 9.98. The summed E-state index contributed by atoms with van der Waals surface area (Å²) in [7, 11) is 0. The molecule has 1 aliphatic heterocycles. The minimum Gasteiger partial charge on any atom is -0.482 e. The van der Waals surface area contributed by atoms with Crippen molar-refractivity contribution >= 4 is 5.78 Å². The number of benzene rings is 2. The first-order chi connectivity index (χ1) is 9.15. The highest BCUT2D eigenvalue weighted by Gasteiger charge is 2.30. The van der Waals surface area contributed by atoms with Crippen LogP contribution in [-0.4, -0.2) is 11.9 Å². The maximum Gasteiger partial charge on any atom is 0.203 e. The second-order valence-electron chi connectivity index (χ2n) is 4.74. The van der Waals surface area contributed by atoms with Gasteiger partial charge in [0.15, 0.2) is 6.10 Å². The smallest absolute Gasteiger partial charge is 0.203 e. The van der Waals surface area contributed by atoms with Crippen LogP contribution in [0.5, 0.6) is 5.75 Å². The van der Waals surface area contributed by atoms with Gasteiger partial charge in [-0.3, -0.25) is 4.79 Å². The van der Waals surface area contributed by atoms with E-state index in [-0.39, 0.29) is 11.6 Å². The fourth-order valence-electron chi connectivity index (χ4n) is 2.41. The molecule has 3 heteroatoms. The SMILES string of the molecule is Cc1cc(F)ccc1C(=O)C1Cc2ccccc2O1. The Balaban J connectivity index is 1.87. The van der Waals surface area contributed by atoms with Crippen LogP contribution < -0.4 is 4.74 Å². The minimum absolute atomic E-state index is 0.0892. The van der Waals surface area contributed by atoms with Crippen LogP contribution in [0.25, 0.3) is 0 Å². The van der Waals surface area contributed by atoms with E-state index < -0.39 is 6.10 Å². The van der Waals surface area contributed by atoms with Crippen molar-refractivity contribution in [1.29, 1.82) is 0 Å². The average molecular weight is 256 g/mol. The number of aryl methyl sites for hydroxylation is 1. The maximum absolute atomic E-state index is 13.1. The standard InChI is InChI=1S/C16H13FO2/c1-10-8-12(17)6-7-13(10)16(18)15-9-11-4-2-3-5-14(11)19-15/h2-8,15H,9H2,1H3. The molecule has 1 aliphatic rings. The molecule has 0 aliphatic carbocycles. The molecular formula is C16H13FO2. The van der Waals surface area contributed by atoms with Gasteiger partial charge in [0.05, 0.1) is 0 Å². The molecule has 2 nitrogen and oxygen atoms in total. The van der Waals surface area contributed by atoms with Crippen LogP contribution in [0.4, 0.5) is 4.39 Å². The number of Topliss-reactive ketones (excluding diaryl/α,β-unsaturated/α-hetero) is 1. The van der Waals surface area contributed by atoms with Crippen molar-refractivity contribution in [3.63, 3.8) is 0 Å². The first-order valence-electron chi connectivity index (χ1n) is 6.20. The molecule has 0 bridgehead atoms. The third kappa shape index (κ3) is 2.12. The maximum atomic E-state index is 13.1. The Bertz CT molecular complexity index is 624. The molecule has 96 valence electrons. The van der Waals surface area contributed by atoms with Crippen molar-refractivity contribution < 1.29 is 13.9 Å². The molecule has 0 saturated heterocycles. The largest absolute Gasteiger partial charge is 0.482 e. The third-order valence-electron chi connectivity index (χ3n) is 3.39. The number of hydrogen-bond acceptors (Lipinski definition) is 2. The normalized spacial score (nSPS) is 16.8. The first kappa shape index (κ1) is 11.9. The lowest BCUT2D eigenvalue weighted by Gasteiger charge is -2.11. The number of ketones is 1. The van der Waals surface area contributed by atoms with Crippen molar-refractivity contribution in [3.05, 3.63) is 65.0 Å². The molecule has 2 aromatic rings. The van der Waals surface area contributed by atoms with Crippen LogP contribution in [0.15, 0.2) is 42.5 Å². The Morgan fingerprint density at radius 3 is 2.79 bits per heavy atom. The fraction of sp³-hybridized carbons (Fsp3) is 0.188. The Morgan fingerprint density at radius 1 is 1.26 bits per heavy atom. The molecule has 0 saturated carbocycles. The Kier molecular flexibility index (Phi) is 2.82. The van der Waals surface area contributed by atoms with Crippen LogP contribution in [0.1, 0.15) is 21.5 Å². The summed E-state index contributed by atoms with van der Waals surface area (Å²) in [5.74, 6) is 0.346. The molecule has 0 N–H and O–H groups in total. The van der Waals surface area contributed by atoms with Gasteiger partial charge in [0, 0.05) is 12.0 Å². The number of ether oxygens (including phenoxy) is 1. The number of halogens is 1.